The molecule has 0 unspecified atom stereocenters. The Hall–Kier alpha value is -0.520. The fourth-order valence-electron chi connectivity index (χ4n) is 0.493. The molecule has 0 aromatic rings. The van der Waals surface area contributed by atoms with Gasteiger partial charge in [-0.15, -0.1) is 12.3 Å². The number of hydrazine groups is 1. The van der Waals surface area contributed by atoms with Crippen molar-refractivity contribution in [2.75, 3.05) is 20.6 Å². The molecule has 0 aliphatic carbocycles. The van der Waals surface area contributed by atoms with E-state index in [1.54, 1.807) is 0 Å². The number of unbranched alkanes of at least 4 members (excludes halogenated alkanes) is 1. The number of hydrogen-bond acceptors (Lipinski definition) is 2. The maximum absolute atomic E-state index is 5.05. The van der Waals surface area contributed by atoms with Gasteiger partial charge in [0.2, 0.25) is 0 Å². The Morgan fingerprint density at radius 1 is 1.56 bits per heavy atom. The van der Waals surface area contributed by atoms with Crippen molar-refractivity contribution < 1.29 is 0 Å². The standard InChI is InChI=1S/C7H14N2/c1-4-5-6-7-8-9(2)3/h1,8H,5-7H2,2-3H3. The van der Waals surface area contributed by atoms with Gasteiger partial charge in [-0.25, -0.2) is 0 Å². The van der Waals surface area contributed by atoms with E-state index in [4.69, 9.17) is 6.42 Å². The van der Waals surface area contributed by atoms with Crippen LogP contribution in [0.5, 0.6) is 0 Å². The summed E-state index contributed by atoms with van der Waals surface area (Å²) in [5.41, 5.74) is 3.12. The summed E-state index contributed by atoms with van der Waals surface area (Å²) in [6.45, 7) is 0.969. The zero-order valence-electron chi connectivity index (χ0n) is 6.15. The average molecular weight is 126 g/mol. The van der Waals surface area contributed by atoms with E-state index in [1.165, 1.54) is 0 Å². The summed E-state index contributed by atoms with van der Waals surface area (Å²) in [4.78, 5) is 0. The quantitative estimate of drug-likeness (QED) is 0.334. The average Bonchev–Trinajstić information content (AvgIpc) is 1.80. The summed E-state index contributed by atoms with van der Waals surface area (Å²) in [7, 11) is 3.94. The molecule has 1 N–H and O–H groups in total. The zero-order chi connectivity index (χ0) is 7.11. The molecule has 0 bridgehead atoms. The van der Waals surface area contributed by atoms with Crippen molar-refractivity contribution in [3.63, 3.8) is 0 Å². The summed E-state index contributed by atoms with van der Waals surface area (Å²) in [6, 6.07) is 0. The van der Waals surface area contributed by atoms with Gasteiger partial charge in [-0.05, 0) is 6.42 Å². The fraction of sp³-hybridized carbons (Fsp3) is 0.714. The summed E-state index contributed by atoms with van der Waals surface area (Å²) in [6.07, 6.45) is 6.97. The van der Waals surface area contributed by atoms with E-state index < -0.39 is 0 Å². The maximum Gasteiger partial charge on any atom is 0.0111 e. The molecule has 0 amide bonds. The van der Waals surface area contributed by atoms with E-state index in [2.05, 4.69) is 11.3 Å². The van der Waals surface area contributed by atoms with Crippen LogP contribution in [0.15, 0.2) is 0 Å². The third-order valence-electron chi connectivity index (χ3n) is 0.926. The first-order chi connectivity index (χ1) is 4.27. The Labute approximate surface area is 57.2 Å². The smallest absolute Gasteiger partial charge is 0.0111 e. The molecule has 0 heterocycles. The Balaban J connectivity index is 2.85. The van der Waals surface area contributed by atoms with E-state index in [-0.39, 0.29) is 0 Å². The Morgan fingerprint density at radius 2 is 2.22 bits per heavy atom. The Kier molecular flexibility index (Phi) is 5.29. The van der Waals surface area contributed by atoms with E-state index in [0.29, 0.717) is 0 Å². The van der Waals surface area contributed by atoms with Crippen LogP contribution in [-0.2, 0) is 0 Å². The molecule has 52 valence electrons. The minimum atomic E-state index is 0.862. The largest absolute Gasteiger partial charge is 0.256 e. The first-order valence-corrected chi connectivity index (χ1v) is 3.11. The Bertz CT molecular complexity index is 91.6. The molecule has 9 heavy (non-hydrogen) atoms. The van der Waals surface area contributed by atoms with Crippen LogP contribution in [0, 0.1) is 12.3 Å². The van der Waals surface area contributed by atoms with E-state index in [1.807, 2.05) is 19.1 Å². The lowest BCUT2D eigenvalue weighted by Gasteiger charge is -2.09. The number of terminal acetylenes is 1. The third kappa shape index (κ3) is 7.48. The molecule has 0 aromatic carbocycles. The molecule has 0 radical (unpaired) electrons. The van der Waals surface area contributed by atoms with Gasteiger partial charge >= 0.3 is 0 Å². The highest BCUT2D eigenvalue weighted by molar-refractivity contribution is 4.82. The molecule has 0 saturated heterocycles. The highest BCUT2D eigenvalue weighted by Crippen LogP contribution is 1.81. The summed E-state index contributed by atoms with van der Waals surface area (Å²) in [5.74, 6) is 2.58. The van der Waals surface area contributed by atoms with Gasteiger partial charge in [0.15, 0.2) is 0 Å². The molecule has 0 atom stereocenters. The summed E-state index contributed by atoms with van der Waals surface area (Å²) >= 11 is 0. The third-order valence-corrected chi connectivity index (χ3v) is 0.926. The first-order valence-electron chi connectivity index (χ1n) is 3.11. The highest BCUT2D eigenvalue weighted by atomic mass is 15.5. The summed E-state index contributed by atoms with van der Waals surface area (Å²) < 4.78 is 0. The molecule has 0 aromatic heterocycles. The molecule has 2 heteroatoms. The number of nitrogens with one attached hydrogen (secondary N) is 1. The molecule has 0 spiro atoms. The minimum Gasteiger partial charge on any atom is -0.256 e. The van der Waals surface area contributed by atoms with Crippen LogP contribution in [0.1, 0.15) is 12.8 Å². The minimum absolute atomic E-state index is 0.862. The van der Waals surface area contributed by atoms with Crippen LogP contribution >= 0.6 is 0 Å². The van der Waals surface area contributed by atoms with Gasteiger partial charge in [0, 0.05) is 27.1 Å². The molecule has 0 fully saturated rings. The van der Waals surface area contributed by atoms with Crippen molar-refractivity contribution in [1.29, 1.82) is 0 Å². The lowest BCUT2D eigenvalue weighted by atomic mass is 10.3. The highest BCUT2D eigenvalue weighted by Gasteiger charge is 1.85. The lowest BCUT2D eigenvalue weighted by molar-refractivity contribution is 0.289. The number of rotatable bonds is 4. The van der Waals surface area contributed by atoms with Gasteiger partial charge in [0.25, 0.3) is 0 Å². The molecular weight excluding hydrogens is 112 g/mol. The normalized spacial score (nSPS) is 9.56. The molecule has 0 aliphatic heterocycles. The van der Waals surface area contributed by atoms with Crippen LogP contribution in [-0.4, -0.2) is 25.6 Å². The molecule has 0 saturated carbocycles. The number of nitrogens with zero attached hydrogens (tertiary/aromatic N) is 1. The SMILES string of the molecule is C#CCCCNN(C)C. The van der Waals surface area contributed by atoms with Crippen LogP contribution in [0.4, 0.5) is 0 Å². The Morgan fingerprint density at radius 3 is 2.67 bits per heavy atom. The second-order valence-corrected chi connectivity index (χ2v) is 2.11. The van der Waals surface area contributed by atoms with Gasteiger partial charge in [-0.3, -0.25) is 10.4 Å². The second kappa shape index (κ2) is 5.61. The van der Waals surface area contributed by atoms with Gasteiger partial charge < -0.3 is 0 Å². The molecular formula is C7H14N2. The fourth-order valence-corrected chi connectivity index (χ4v) is 0.493. The molecule has 0 aliphatic rings. The van der Waals surface area contributed by atoms with Crippen molar-refractivity contribution >= 4 is 0 Å². The van der Waals surface area contributed by atoms with Crippen molar-refractivity contribution in [1.82, 2.24) is 10.4 Å². The van der Waals surface area contributed by atoms with Crippen LogP contribution < -0.4 is 5.43 Å². The molecule has 2 nitrogen and oxygen atoms in total. The summed E-state index contributed by atoms with van der Waals surface area (Å²) in [5, 5.41) is 1.93. The zero-order valence-corrected chi connectivity index (χ0v) is 6.15. The van der Waals surface area contributed by atoms with Crippen LogP contribution in [0.3, 0.4) is 0 Å². The first kappa shape index (κ1) is 8.48. The lowest BCUT2D eigenvalue weighted by Crippen LogP contribution is -2.30. The predicted molar refractivity (Wildman–Crippen MR) is 39.8 cm³/mol. The van der Waals surface area contributed by atoms with Gasteiger partial charge in [0.05, 0.1) is 0 Å². The predicted octanol–water partition coefficient (Wildman–Crippen LogP) is 0.466. The van der Waals surface area contributed by atoms with Crippen LogP contribution in [0.25, 0.3) is 0 Å². The van der Waals surface area contributed by atoms with Gasteiger partial charge in [-0.2, -0.15) is 0 Å². The second-order valence-electron chi connectivity index (χ2n) is 2.11. The van der Waals surface area contributed by atoms with E-state index >= 15 is 0 Å². The molecule has 0 rings (SSSR count). The van der Waals surface area contributed by atoms with Crippen molar-refractivity contribution in [2.24, 2.45) is 0 Å². The van der Waals surface area contributed by atoms with Crippen molar-refractivity contribution in [3.8, 4) is 12.3 Å². The number of hydrogen-bond donors (Lipinski definition) is 1. The van der Waals surface area contributed by atoms with Crippen molar-refractivity contribution in [3.05, 3.63) is 0 Å². The van der Waals surface area contributed by atoms with Crippen molar-refractivity contribution in [2.45, 2.75) is 12.8 Å². The monoisotopic (exact) mass is 126 g/mol. The maximum atomic E-state index is 5.05. The van der Waals surface area contributed by atoms with E-state index in [0.717, 1.165) is 19.4 Å². The van der Waals surface area contributed by atoms with Gasteiger partial charge in [0.1, 0.15) is 0 Å². The van der Waals surface area contributed by atoms with Gasteiger partial charge in [-0.1, -0.05) is 0 Å². The van der Waals surface area contributed by atoms with E-state index in [9.17, 15) is 0 Å². The topological polar surface area (TPSA) is 15.3 Å². The van der Waals surface area contributed by atoms with Crippen LogP contribution in [0.2, 0.25) is 0 Å².